The second-order valence-corrected chi connectivity index (χ2v) is 4.38. The standard InChI is InChI=1S/C14H24N2O/c1-3-9-16(10-4-2)14(11-15)12-5-7-13(17)8-6-12/h5-8,14,17H,3-4,9-11,15H2,1-2H3. The summed E-state index contributed by atoms with van der Waals surface area (Å²) in [4.78, 5) is 2.42. The second-order valence-electron chi connectivity index (χ2n) is 4.38. The summed E-state index contributed by atoms with van der Waals surface area (Å²) < 4.78 is 0. The molecule has 0 saturated heterocycles. The molecule has 1 atom stereocenters. The molecule has 3 heteroatoms. The molecule has 0 aliphatic rings. The third-order valence-electron chi connectivity index (χ3n) is 2.96. The molecule has 0 aromatic heterocycles. The molecule has 0 fully saturated rings. The van der Waals surface area contributed by atoms with E-state index in [-0.39, 0.29) is 6.04 Å². The quantitative estimate of drug-likeness (QED) is 0.765. The van der Waals surface area contributed by atoms with Gasteiger partial charge in [0.25, 0.3) is 0 Å². The van der Waals surface area contributed by atoms with Crippen LogP contribution in [0.5, 0.6) is 5.75 Å². The summed E-state index contributed by atoms with van der Waals surface area (Å²) in [7, 11) is 0. The Morgan fingerprint density at radius 2 is 1.65 bits per heavy atom. The average molecular weight is 236 g/mol. The van der Waals surface area contributed by atoms with Crippen LogP contribution in [0.4, 0.5) is 0 Å². The van der Waals surface area contributed by atoms with Gasteiger partial charge in [-0.1, -0.05) is 26.0 Å². The molecule has 0 saturated carbocycles. The topological polar surface area (TPSA) is 49.5 Å². The monoisotopic (exact) mass is 236 g/mol. The molecule has 0 bridgehead atoms. The zero-order chi connectivity index (χ0) is 12.7. The van der Waals surface area contributed by atoms with Crippen molar-refractivity contribution in [1.82, 2.24) is 4.90 Å². The Balaban J connectivity index is 2.83. The molecule has 0 aliphatic heterocycles. The highest BCUT2D eigenvalue weighted by atomic mass is 16.3. The molecule has 96 valence electrons. The van der Waals surface area contributed by atoms with Crippen molar-refractivity contribution in [2.45, 2.75) is 32.7 Å². The number of nitrogens with zero attached hydrogens (tertiary/aromatic N) is 1. The Labute approximate surface area is 104 Å². The van der Waals surface area contributed by atoms with E-state index in [1.807, 2.05) is 12.1 Å². The van der Waals surface area contributed by atoms with E-state index >= 15 is 0 Å². The number of rotatable bonds is 7. The Bertz CT molecular complexity index is 305. The van der Waals surface area contributed by atoms with Crippen LogP contribution in [0, 0.1) is 0 Å². The van der Waals surface area contributed by atoms with Crippen LogP contribution in [-0.4, -0.2) is 29.6 Å². The van der Waals surface area contributed by atoms with Crippen molar-refractivity contribution in [1.29, 1.82) is 0 Å². The summed E-state index contributed by atoms with van der Waals surface area (Å²) in [5, 5.41) is 9.31. The van der Waals surface area contributed by atoms with Crippen molar-refractivity contribution in [3.05, 3.63) is 29.8 Å². The van der Waals surface area contributed by atoms with Gasteiger partial charge in [0, 0.05) is 12.6 Å². The first-order valence-corrected chi connectivity index (χ1v) is 6.46. The summed E-state index contributed by atoms with van der Waals surface area (Å²) in [6.07, 6.45) is 2.27. The number of nitrogens with two attached hydrogens (primary N) is 1. The Kier molecular flexibility index (Phi) is 6.01. The summed E-state index contributed by atoms with van der Waals surface area (Å²) in [6, 6.07) is 7.65. The molecule has 17 heavy (non-hydrogen) atoms. The van der Waals surface area contributed by atoms with E-state index in [4.69, 9.17) is 5.73 Å². The maximum atomic E-state index is 9.31. The number of hydrogen-bond donors (Lipinski definition) is 2. The van der Waals surface area contributed by atoms with Crippen molar-refractivity contribution in [3.63, 3.8) is 0 Å². The second kappa shape index (κ2) is 7.30. The van der Waals surface area contributed by atoms with Gasteiger partial charge >= 0.3 is 0 Å². The first-order valence-electron chi connectivity index (χ1n) is 6.46. The van der Waals surface area contributed by atoms with Crippen LogP contribution < -0.4 is 5.73 Å². The molecule has 0 amide bonds. The van der Waals surface area contributed by atoms with E-state index in [1.54, 1.807) is 12.1 Å². The van der Waals surface area contributed by atoms with Crippen molar-refractivity contribution in [2.24, 2.45) is 5.73 Å². The van der Waals surface area contributed by atoms with E-state index in [2.05, 4.69) is 18.7 Å². The van der Waals surface area contributed by atoms with E-state index in [0.29, 0.717) is 12.3 Å². The van der Waals surface area contributed by atoms with Gasteiger partial charge in [-0.05, 0) is 43.6 Å². The van der Waals surface area contributed by atoms with Crippen LogP contribution in [0.1, 0.15) is 38.3 Å². The Morgan fingerprint density at radius 1 is 1.12 bits per heavy atom. The average Bonchev–Trinajstić information content (AvgIpc) is 2.33. The smallest absolute Gasteiger partial charge is 0.115 e. The molecule has 3 N–H and O–H groups in total. The SMILES string of the molecule is CCCN(CCC)C(CN)c1ccc(O)cc1. The minimum atomic E-state index is 0.260. The van der Waals surface area contributed by atoms with Crippen molar-refractivity contribution in [3.8, 4) is 5.75 Å². The molecule has 1 rings (SSSR count). The van der Waals surface area contributed by atoms with Crippen LogP contribution in [0.15, 0.2) is 24.3 Å². The Hall–Kier alpha value is -1.06. The van der Waals surface area contributed by atoms with Crippen LogP contribution in [0.25, 0.3) is 0 Å². The van der Waals surface area contributed by atoms with Crippen molar-refractivity contribution < 1.29 is 5.11 Å². The lowest BCUT2D eigenvalue weighted by molar-refractivity contribution is 0.202. The van der Waals surface area contributed by atoms with Crippen LogP contribution >= 0.6 is 0 Å². The van der Waals surface area contributed by atoms with Crippen LogP contribution in [-0.2, 0) is 0 Å². The molecule has 0 radical (unpaired) electrons. The van der Waals surface area contributed by atoms with Gasteiger partial charge in [-0.25, -0.2) is 0 Å². The van der Waals surface area contributed by atoms with Crippen molar-refractivity contribution >= 4 is 0 Å². The third kappa shape index (κ3) is 4.02. The van der Waals surface area contributed by atoms with Crippen LogP contribution in [0.2, 0.25) is 0 Å². The minimum Gasteiger partial charge on any atom is -0.508 e. The maximum Gasteiger partial charge on any atom is 0.115 e. The summed E-state index contributed by atoms with van der Waals surface area (Å²) in [5.41, 5.74) is 7.09. The largest absolute Gasteiger partial charge is 0.508 e. The predicted molar refractivity (Wildman–Crippen MR) is 72.1 cm³/mol. The normalized spacial score (nSPS) is 12.9. The van der Waals surface area contributed by atoms with Gasteiger partial charge in [0.05, 0.1) is 0 Å². The fourth-order valence-electron chi connectivity index (χ4n) is 2.19. The highest BCUT2D eigenvalue weighted by Crippen LogP contribution is 2.22. The van der Waals surface area contributed by atoms with E-state index < -0.39 is 0 Å². The first kappa shape index (κ1) is 14.0. The molecule has 3 nitrogen and oxygen atoms in total. The van der Waals surface area contributed by atoms with Gasteiger partial charge < -0.3 is 10.8 Å². The molecule has 1 unspecified atom stereocenters. The molecular weight excluding hydrogens is 212 g/mol. The fraction of sp³-hybridized carbons (Fsp3) is 0.571. The van der Waals surface area contributed by atoms with E-state index in [9.17, 15) is 5.11 Å². The number of hydrogen-bond acceptors (Lipinski definition) is 3. The van der Waals surface area contributed by atoms with Gasteiger partial charge in [0.1, 0.15) is 5.75 Å². The highest BCUT2D eigenvalue weighted by molar-refractivity contribution is 5.28. The maximum absolute atomic E-state index is 9.31. The molecule has 0 spiro atoms. The summed E-state index contributed by atoms with van der Waals surface area (Å²) >= 11 is 0. The zero-order valence-electron chi connectivity index (χ0n) is 10.9. The van der Waals surface area contributed by atoms with Gasteiger partial charge in [0.15, 0.2) is 0 Å². The highest BCUT2D eigenvalue weighted by Gasteiger charge is 2.17. The molecule has 0 heterocycles. The predicted octanol–water partition coefficient (Wildman–Crippen LogP) is 2.51. The lowest BCUT2D eigenvalue weighted by Crippen LogP contribution is -2.35. The summed E-state index contributed by atoms with van der Waals surface area (Å²) in [5.74, 6) is 0.307. The van der Waals surface area contributed by atoms with Gasteiger partial charge in [-0.2, -0.15) is 0 Å². The molecule has 1 aromatic rings. The van der Waals surface area contributed by atoms with Crippen molar-refractivity contribution in [2.75, 3.05) is 19.6 Å². The minimum absolute atomic E-state index is 0.260. The molecule has 0 aliphatic carbocycles. The molecule has 1 aromatic carbocycles. The summed E-state index contributed by atoms with van der Waals surface area (Å²) in [6.45, 7) is 7.12. The van der Waals surface area contributed by atoms with E-state index in [1.165, 1.54) is 5.56 Å². The van der Waals surface area contributed by atoms with Gasteiger partial charge in [-0.15, -0.1) is 0 Å². The Morgan fingerprint density at radius 3 is 2.06 bits per heavy atom. The fourth-order valence-corrected chi connectivity index (χ4v) is 2.19. The van der Waals surface area contributed by atoms with E-state index in [0.717, 1.165) is 25.9 Å². The zero-order valence-corrected chi connectivity index (χ0v) is 10.9. The first-order chi connectivity index (χ1) is 8.22. The third-order valence-corrected chi connectivity index (χ3v) is 2.96. The number of phenols is 1. The number of aromatic hydroxyl groups is 1. The number of phenolic OH excluding ortho intramolecular Hbond substituents is 1. The lowest BCUT2D eigenvalue weighted by atomic mass is 10.0. The molecular formula is C14H24N2O. The van der Waals surface area contributed by atoms with Gasteiger partial charge in [0.2, 0.25) is 0 Å². The number of benzene rings is 1. The van der Waals surface area contributed by atoms with Crippen LogP contribution in [0.3, 0.4) is 0 Å². The lowest BCUT2D eigenvalue weighted by Gasteiger charge is -2.30. The van der Waals surface area contributed by atoms with Gasteiger partial charge in [-0.3, -0.25) is 4.90 Å².